The van der Waals surface area contributed by atoms with Gasteiger partial charge >= 0.3 is 6.09 Å². The summed E-state index contributed by atoms with van der Waals surface area (Å²) in [6, 6.07) is 26.2. The number of aromatic nitrogens is 4. The summed E-state index contributed by atoms with van der Waals surface area (Å²) < 4.78 is 7.30. The van der Waals surface area contributed by atoms with Crippen LogP contribution in [0.2, 0.25) is 0 Å². The molecule has 0 fully saturated rings. The quantitative estimate of drug-likeness (QED) is 0.298. The molecule has 36 heavy (non-hydrogen) atoms. The largest absolute Gasteiger partial charge is 0.507 e. The van der Waals surface area contributed by atoms with Gasteiger partial charge in [-0.2, -0.15) is 4.68 Å². The lowest BCUT2D eigenvalue weighted by Gasteiger charge is -2.19. The van der Waals surface area contributed by atoms with Crippen molar-refractivity contribution in [2.45, 2.75) is 17.8 Å². The molecular formula is C27H23N5O3S. The number of fused-ring (bicyclic) bond motifs is 1. The van der Waals surface area contributed by atoms with Gasteiger partial charge in [-0.15, -0.1) is 5.10 Å². The van der Waals surface area contributed by atoms with Crippen molar-refractivity contribution in [2.24, 2.45) is 0 Å². The fourth-order valence-corrected chi connectivity index (χ4v) is 4.64. The number of phenolic OH excluding ortho intramolecular Hbond substituents is 1. The minimum Gasteiger partial charge on any atom is -0.507 e. The lowest BCUT2D eigenvalue weighted by Crippen LogP contribution is -2.29. The Morgan fingerprint density at radius 2 is 1.75 bits per heavy atom. The maximum Gasteiger partial charge on any atom is 0.419 e. The number of carbonyl (C=O) groups excluding carboxylic acids is 1. The van der Waals surface area contributed by atoms with Crippen molar-refractivity contribution in [1.29, 1.82) is 0 Å². The molecule has 1 aromatic heterocycles. The van der Waals surface area contributed by atoms with Crippen molar-refractivity contribution >= 4 is 34.3 Å². The standard InChI is InChI=1S/C27H23N5O3S/c1-18-11-16-22-23(25(18)33)9-6-10-24(22)31(2)27(34)35-21-14-12-19(13-15-21)17-36-26-28-29-30-32(26)20-7-4-3-5-8-20/h3-16,33H,17H2,1-2H3. The van der Waals surface area contributed by atoms with Crippen LogP contribution < -0.4 is 9.64 Å². The van der Waals surface area contributed by atoms with Crippen LogP contribution in [0.1, 0.15) is 11.1 Å². The Kier molecular flexibility index (Phi) is 6.55. The summed E-state index contributed by atoms with van der Waals surface area (Å²) in [7, 11) is 1.65. The van der Waals surface area contributed by atoms with E-state index in [1.807, 2.05) is 73.7 Å². The van der Waals surface area contributed by atoms with E-state index >= 15 is 0 Å². The van der Waals surface area contributed by atoms with E-state index in [0.29, 0.717) is 27.7 Å². The maximum atomic E-state index is 12.9. The monoisotopic (exact) mass is 497 g/mol. The van der Waals surface area contributed by atoms with Gasteiger partial charge in [-0.1, -0.05) is 66.4 Å². The second kappa shape index (κ2) is 10.1. The van der Waals surface area contributed by atoms with Gasteiger partial charge in [-0.3, -0.25) is 4.90 Å². The average Bonchev–Trinajstić information content (AvgIpc) is 3.39. The van der Waals surface area contributed by atoms with Gasteiger partial charge in [0.05, 0.1) is 11.4 Å². The smallest absolute Gasteiger partial charge is 0.419 e. The molecule has 0 spiro atoms. The predicted molar refractivity (Wildman–Crippen MR) is 140 cm³/mol. The normalized spacial score (nSPS) is 10.9. The molecule has 0 aliphatic heterocycles. The van der Waals surface area contributed by atoms with Crippen molar-refractivity contribution in [3.63, 3.8) is 0 Å². The zero-order chi connectivity index (χ0) is 25.1. The molecule has 8 nitrogen and oxygen atoms in total. The van der Waals surface area contributed by atoms with E-state index in [2.05, 4.69) is 15.5 Å². The summed E-state index contributed by atoms with van der Waals surface area (Å²) in [5, 5.41) is 24.5. The maximum absolute atomic E-state index is 12.9. The van der Waals surface area contributed by atoms with E-state index in [0.717, 1.165) is 22.2 Å². The number of amides is 1. The number of rotatable bonds is 6. The lowest BCUT2D eigenvalue weighted by atomic mass is 10.0. The van der Waals surface area contributed by atoms with Gasteiger partial charge in [-0.25, -0.2) is 4.79 Å². The van der Waals surface area contributed by atoms with Gasteiger partial charge in [-0.05, 0) is 58.8 Å². The third-order valence-electron chi connectivity index (χ3n) is 5.79. The van der Waals surface area contributed by atoms with Crippen molar-refractivity contribution in [1.82, 2.24) is 20.2 Å². The van der Waals surface area contributed by atoms with Crippen molar-refractivity contribution in [3.8, 4) is 17.2 Å². The first-order valence-electron chi connectivity index (χ1n) is 11.2. The lowest BCUT2D eigenvalue weighted by molar-refractivity contribution is 0.209. The second-order valence-electron chi connectivity index (χ2n) is 8.17. The molecule has 1 heterocycles. The van der Waals surface area contributed by atoms with Crippen molar-refractivity contribution in [2.75, 3.05) is 11.9 Å². The second-order valence-corrected chi connectivity index (χ2v) is 9.11. The van der Waals surface area contributed by atoms with E-state index in [1.165, 1.54) is 16.7 Å². The Labute approximate surface area is 212 Å². The summed E-state index contributed by atoms with van der Waals surface area (Å²) in [4.78, 5) is 14.3. The molecule has 0 atom stereocenters. The van der Waals surface area contributed by atoms with Gasteiger partial charge < -0.3 is 9.84 Å². The van der Waals surface area contributed by atoms with Crippen LogP contribution in [0, 0.1) is 6.92 Å². The van der Waals surface area contributed by atoms with Gasteiger partial charge in [0.25, 0.3) is 0 Å². The number of thioether (sulfide) groups is 1. The summed E-state index contributed by atoms with van der Waals surface area (Å²) in [5.41, 5.74) is 3.36. The first-order valence-corrected chi connectivity index (χ1v) is 12.2. The summed E-state index contributed by atoms with van der Waals surface area (Å²) in [6.45, 7) is 1.84. The third kappa shape index (κ3) is 4.73. The van der Waals surface area contributed by atoms with E-state index in [4.69, 9.17) is 4.74 Å². The Hall–Kier alpha value is -4.37. The Balaban J connectivity index is 1.24. The number of ether oxygens (including phenoxy) is 1. The van der Waals surface area contributed by atoms with E-state index in [-0.39, 0.29) is 5.75 Å². The molecule has 0 aliphatic carbocycles. The molecule has 4 aromatic carbocycles. The highest BCUT2D eigenvalue weighted by molar-refractivity contribution is 7.98. The first-order chi connectivity index (χ1) is 17.5. The number of carbonyl (C=O) groups is 1. The van der Waals surface area contributed by atoms with Gasteiger partial charge in [0.2, 0.25) is 5.16 Å². The Morgan fingerprint density at radius 1 is 0.972 bits per heavy atom. The number of aryl methyl sites for hydroxylation is 1. The molecule has 5 aromatic rings. The first kappa shape index (κ1) is 23.4. The number of benzene rings is 4. The number of phenols is 1. The fourth-order valence-electron chi connectivity index (χ4n) is 3.80. The predicted octanol–water partition coefficient (Wildman–Crippen LogP) is 5.76. The molecule has 0 radical (unpaired) electrons. The summed E-state index contributed by atoms with van der Waals surface area (Å²) in [5.74, 6) is 1.30. The molecule has 0 saturated carbocycles. The van der Waals surface area contributed by atoms with Crippen LogP contribution in [-0.2, 0) is 5.75 Å². The number of hydrogen-bond acceptors (Lipinski definition) is 7. The van der Waals surface area contributed by atoms with Crippen LogP contribution >= 0.6 is 11.8 Å². The molecule has 5 rings (SSSR count). The number of nitrogens with zero attached hydrogens (tertiary/aromatic N) is 5. The van der Waals surface area contributed by atoms with Crippen LogP contribution in [0.25, 0.3) is 16.5 Å². The van der Waals surface area contributed by atoms with Crippen molar-refractivity contribution in [3.05, 3.63) is 96.1 Å². The molecular weight excluding hydrogens is 474 g/mol. The highest BCUT2D eigenvalue weighted by Gasteiger charge is 2.17. The van der Waals surface area contributed by atoms with Crippen LogP contribution in [0.15, 0.2) is 90.1 Å². The minimum absolute atomic E-state index is 0.211. The van der Waals surface area contributed by atoms with Crippen molar-refractivity contribution < 1.29 is 14.6 Å². The van der Waals surface area contributed by atoms with Crippen LogP contribution in [0.5, 0.6) is 11.5 Å². The van der Waals surface area contributed by atoms with Crippen LogP contribution in [-0.4, -0.2) is 38.5 Å². The van der Waals surface area contributed by atoms with Crippen LogP contribution in [0.4, 0.5) is 10.5 Å². The van der Waals surface area contributed by atoms with E-state index in [1.54, 1.807) is 29.9 Å². The Morgan fingerprint density at radius 3 is 2.53 bits per heavy atom. The zero-order valence-corrected chi connectivity index (χ0v) is 20.5. The SMILES string of the molecule is Cc1ccc2c(N(C)C(=O)Oc3ccc(CSc4nnnn4-c4ccccc4)cc3)cccc2c1O. The number of aromatic hydroxyl groups is 1. The molecule has 180 valence electrons. The topological polar surface area (TPSA) is 93.4 Å². The third-order valence-corrected chi connectivity index (χ3v) is 6.78. The van der Waals surface area contributed by atoms with Gasteiger partial charge in [0.1, 0.15) is 11.5 Å². The van der Waals surface area contributed by atoms with Gasteiger partial charge in [0.15, 0.2) is 0 Å². The number of tetrazole rings is 1. The highest BCUT2D eigenvalue weighted by Crippen LogP contribution is 2.34. The zero-order valence-electron chi connectivity index (χ0n) is 19.7. The molecule has 1 amide bonds. The number of hydrogen-bond donors (Lipinski definition) is 1. The molecule has 9 heteroatoms. The van der Waals surface area contributed by atoms with Gasteiger partial charge in [0, 0.05) is 23.6 Å². The number of para-hydroxylation sites is 1. The summed E-state index contributed by atoms with van der Waals surface area (Å²) in [6.07, 6.45) is -0.522. The molecule has 1 N–H and O–H groups in total. The minimum atomic E-state index is -0.522. The van der Waals surface area contributed by atoms with E-state index in [9.17, 15) is 9.90 Å². The van der Waals surface area contributed by atoms with Crippen LogP contribution in [0.3, 0.4) is 0 Å². The molecule has 0 saturated heterocycles. The molecule has 0 aliphatic rings. The Bertz CT molecular complexity index is 1520. The molecule has 0 unspecified atom stereocenters. The number of anilines is 1. The highest BCUT2D eigenvalue weighted by atomic mass is 32.2. The average molecular weight is 498 g/mol. The fraction of sp³-hybridized carbons (Fsp3) is 0.111. The van der Waals surface area contributed by atoms with E-state index < -0.39 is 6.09 Å². The molecule has 0 bridgehead atoms. The summed E-state index contributed by atoms with van der Waals surface area (Å²) >= 11 is 1.52.